The Labute approximate surface area is 122 Å². The number of rotatable bonds is 4. The highest BCUT2D eigenvalue weighted by Gasteiger charge is 2.29. The van der Waals surface area contributed by atoms with Gasteiger partial charge < -0.3 is 14.8 Å². The highest BCUT2D eigenvalue weighted by molar-refractivity contribution is 9.10. The van der Waals surface area contributed by atoms with Gasteiger partial charge in [0.05, 0.1) is 6.10 Å². The topological polar surface area (TPSA) is 30.5 Å². The van der Waals surface area contributed by atoms with Crippen molar-refractivity contribution in [2.45, 2.75) is 43.9 Å². The standard InChI is InChI=1S/C15H20BrNO2/c1-18-15-4-2-3-13(15)17-9-12-8-10-7-11(16)5-6-14(10)19-12/h5-7,12-13,15,17H,2-4,8-9H2,1H3. The number of halogens is 1. The minimum absolute atomic E-state index is 0.252. The molecule has 1 aromatic carbocycles. The third-order valence-electron chi connectivity index (χ3n) is 4.13. The molecule has 1 heterocycles. The molecule has 4 heteroatoms. The summed E-state index contributed by atoms with van der Waals surface area (Å²) in [6.45, 7) is 0.900. The molecular formula is C15H20BrNO2. The SMILES string of the molecule is COC1CCCC1NCC1Cc2cc(Br)ccc2O1. The van der Waals surface area contributed by atoms with Gasteiger partial charge >= 0.3 is 0 Å². The van der Waals surface area contributed by atoms with Crippen molar-refractivity contribution in [2.75, 3.05) is 13.7 Å². The molecule has 0 radical (unpaired) electrons. The van der Waals surface area contributed by atoms with E-state index >= 15 is 0 Å². The Morgan fingerprint density at radius 3 is 3.16 bits per heavy atom. The van der Waals surface area contributed by atoms with Gasteiger partial charge in [0.1, 0.15) is 11.9 Å². The molecule has 1 N–H and O–H groups in total. The fourth-order valence-corrected chi connectivity index (χ4v) is 3.54. The zero-order chi connectivity index (χ0) is 13.2. The number of methoxy groups -OCH3 is 1. The third-order valence-corrected chi connectivity index (χ3v) is 4.62. The molecule has 1 fully saturated rings. The average molecular weight is 326 g/mol. The summed E-state index contributed by atoms with van der Waals surface area (Å²) in [6.07, 6.45) is 5.26. The fraction of sp³-hybridized carbons (Fsp3) is 0.600. The molecule has 19 heavy (non-hydrogen) atoms. The smallest absolute Gasteiger partial charge is 0.123 e. The number of benzene rings is 1. The van der Waals surface area contributed by atoms with E-state index in [0.717, 1.165) is 23.2 Å². The molecule has 1 saturated carbocycles. The summed E-state index contributed by atoms with van der Waals surface area (Å²) >= 11 is 3.51. The number of nitrogens with one attached hydrogen (secondary N) is 1. The lowest BCUT2D eigenvalue weighted by molar-refractivity contribution is 0.0812. The van der Waals surface area contributed by atoms with Crippen LogP contribution in [0, 0.1) is 0 Å². The monoisotopic (exact) mass is 325 g/mol. The first-order chi connectivity index (χ1) is 9.26. The maximum absolute atomic E-state index is 5.97. The van der Waals surface area contributed by atoms with Gasteiger partial charge in [-0.2, -0.15) is 0 Å². The molecule has 1 aliphatic heterocycles. The van der Waals surface area contributed by atoms with Crippen LogP contribution in [0.4, 0.5) is 0 Å². The molecule has 3 unspecified atom stereocenters. The minimum Gasteiger partial charge on any atom is -0.488 e. The molecule has 3 nitrogen and oxygen atoms in total. The van der Waals surface area contributed by atoms with Crippen LogP contribution in [0.3, 0.4) is 0 Å². The van der Waals surface area contributed by atoms with Crippen LogP contribution in [0.5, 0.6) is 5.75 Å². The van der Waals surface area contributed by atoms with Gasteiger partial charge in [-0.15, -0.1) is 0 Å². The van der Waals surface area contributed by atoms with E-state index in [0.29, 0.717) is 12.1 Å². The van der Waals surface area contributed by atoms with E-state index < -0.39 is 0 Å². The lowest BCUT2D eigenvalue weighted by atomic mass is 10.1. The summed E-state index contributed by atoms with van der Waals surface area (Å²) in [4.78, 5) is 0. The fourth-order valence-electron chi connectivity index (χ4n) is 3.13. The van der Waals surface area contributed by atoms with E-state index in [4.69, 9.17) is 9.47 Å². The number of hydrogen-bond acceptors (Lipinski definition) is 3. The van der Waals surface area contributed by atoms with Crippen molar-refractivity contribution < 1.29 is 9.47 Å². The Balaban J connectivity index is 1.53. The van der Waals surface area contributed by atoms with Crippen molar-refractivity contribution in [3.8, 4) is 5.75 Å². The summed E-state index contributed by atoms with van der Waals surface area (Å²) in [6, 6.07) is 6.73. The van der Waals surface area contributed by atoms with E-state index in [1.54, 1.807) is 0 Å². The molecule has 1 aromatic rings. The van der Waals surface area contributed by atoms with Gasteiger partial charge in [-0.3, -0.25) is 0 Å². The lowest BCUT2D eigenvalue weighted by Gasteiger charge is -2.21. The molecule has 3 atom stereocenters. The summed E-state index contributed by atoms with van der Waals surface area (Å²) in [5, 5.41) is 3.61. The molecule has 3 rings (SSSR count). The average Bonchev–Trinajstić information content (AvgIpc) is 3.01. The van der Waals surface area contributed by atoms with Crippen molar-refractivity contribution in [3.63, 3.8) is 0 Å². The first-order valence-electron chi connectivity index (χ1n) is 6.97. The van der Waals surface area contributed by atoms with Gasteiger partial charge in [0.2, 0.25) is 0 Å². The number of fused-ring (bicyclic) bond motifs is 1. The van der Waals surface area contributed by atoms with Gasteiger partial charge in [-0.25, -0.2) is 0 Å². The van der Waals surface area contributed by atoms with Crippen LogP contribution in [0.15, 0.2) is 22.7 Å². The summed E-state index contributed by atoms with van der Waals surface area (Å²) in [5.74, 6) is 1.03. The van der Waals surface area contributed by atoms with Crippen LogP contribution < -0.4 is 10.1 Å². The zero-order valence-corrected chi connectivity index (χ0v) is 12.8. The molecular weight excluding hydrogens is 306 g/mol. The molecule has 0 saturated heterocycles. The molecule has 0 amide bonds. The van der Waals surface area contributed by atoms with Crippen LogP contribution in [-0.2, 0) is 11.2 Å². The van der Waals surface area contributed by atoms with Crippen molar-refractivity contribution in [1.29, 1.82) is 0 Å². The van der Waals surface area contributed by atoms with Crippen LogP contribution >= 0.6 is 15.9 Å². The minimum atomic E-state index is 0.252. The van der Waals surface area contributed by atoms with Crippen LogP contribution in [0.2, 0.25) is 0 Å². The quantitative estimate of drug-likeness (QED) is 0.923. The maximum Gasteiger partial charge on any atom is 0.123 e. The van der Waals surface area contributed by atoms with Crippen LogP contribution in [0.25, 0.3) is 0 Å². The van der Waals surface area contributed by atoms with Crippen LogP contribution in [0.1, 0.15) is 24.8 Å². The van der Waals surface area contributed by atoms with Crippen molar-refractivity contribution in [1.82, 2.24) is 5.32 Å². The van der Waals surface area contributed by atoms with Crippen molar-refractivity contribution in [3.05, 3.63) is 28.2 Å². The molecule has 0 spiro atoms. The van der Waals surface area contributed by atoms with E-state index in [-0.39, 0.29) is 6.10 Å². The Morgan fingerprint density at radius 1 is 1.42 bits per heavy atom. The maximum atomic E-state index is 5.97. The largest absolute Gasteiger partial charge is 0.488 e. The Hall–Kier alpha value is -0.580. The summed E-state index contributed by atoms with van der Waals surface area (Å²) < 4.78 is 12.6. The lowest BCUT2D eigenvalue weighted by Crippen LogP contribution is -2.42. The zero-order valence-electron chi connectivity index (χ0n) is 11.2. The second-order valence-corrected chi connectivity index (χ2v) is 6.33. The van der Waals surface area contributed by atoms with E-state index in [2.05, 4.69) is 27.3 Å². The Kier molecular flexibility index (Phi) is 4.10. The van der Waals surface area contributed by atoms with Gasteiger partial charge in [-0.1, -0.05) is 15.9 Å². The predicted octanol–water partition coefficient (Wildman–Crippen LogP) is 2.91. The van der Waals surface area contributed by atoms with E-state index in [9.17, 15) is 0 Å². The van der Waals surface area contributed by atoms with Gasteiger partial charge in [0.25, 0.3) is 0 Å². The summed E-state index contributed by atoms with van der Waals surface area (Å²) in [7, 11) is 1.81. The Morgan fingerprint density at radius 2 is 2.32 bits per heavy atom. The Bertz CT molecular complexity index is 452. The number of ether oxygens (including phenoxy) is 2. The molecule has 0 aromatic heterocycles. The molecule has 0 bridgehead atoms. The second kappa shape index (κ2) is 5.81. The van der Waals surface area contributed by atoms with E-state index in [1.165, 1.54) is 24.8 Å². The first-order valence-corrected chi connectivity index (χ1v) is 7.77. The highest BCUT2D eigenvalue weighted by Crippen LogP contribution is 2.31. The van der Waals surface area contributed by atoms with Crippen molar-refractivity contribution >= 4 is 15.9 Å². The van der Waals surface area contributed by atoms with E-state index in [1.807, 2.05) is 19.2 Å². The second-order valence-electron chi connectivity index (χ2n) is 5.42. The predicted molar refractivity (Wildman–Crippen MR) is 78.7 cm³/mol. The summed E-state index contributed by atoms with van der Waals surface area (Å²) in [5.41, 5.74) is 1.30. The van der Waals surface area contributed by atoms with Gasteiger partial charge in [0, 0.05) is 30.6 Å². The van der Waals surface area contributed by atoms with Crippen molar-refractivity contribution in [2.24, 2.45) is 0 Å². The van der Waals surface area contributed by atoms with Gasteiger partial charge in [-0.05, 0) is 43.0 Å². The normalized spacial score (nSPS) is 29.3. The number of hydrogen-bond donors (Lipinski definition) is 1. The highest BCUT2D eigenvalue weighted by atomic mass is 79.9. The third kappa shape index (κ3) is 2.96. The molecule has 104 valence electrons. The first kappa shape index (κ1) is 13.4. The van der Waals surface area contributed by atoms with Crippen LogP contribution in [-0.4, -0.2) is 31.9 Å². The van der Waals surface area contributed by atoms with Gasteiger partial charge in [0.15, 0.2) is 0 Å². The molecule has 2 aliphatic rings. The molecule has 1 aliphatic carbocycles.